The Bertz CT molecular complexity index is 428. The summed E-state index contributed by atoms with van der Waals surface area (Å²) in [5, 5.41) is 5.92. The summed E-state index contributed by atoms with van der Waals surface area (Å²) in [6.45, 7) is 2.72. The normalized spacial score (nSPS) is 17.9. The maximum atomic E-state index is 11.7. The van der Waals surface area contributed by atoms with E-state index >= 15 is 0 Å². The number of hydrogen-bond donors (Lipinski definition) is 2. The van der Waals surface area contributed by atoms with Crippen LogP contribution in [0.15, 0.2) is 28.7 Å². The molecule has 5 nitrogen and oxygen atoms in total. The van der Waals surface area contributed by atoms with Gasteiger partial charge in [0, 0.05) is 11.0 Å². The fraction of sp³-hybridized carbons (Fsp3) is 0.462. The molecule has 1 aliphatic heterocycles. The van der Waals surface area contributed by atoms with Gasteiger partial charge < -0.3 is 20.1 Å². The van der Waals surface area contributed by atoms with E-state index in [1.54, 1.807) is 0 Å². The highest BCUT2D eigenvalue weighted by Gasteiger charge is 2.20. The van der Waals surface area contributed by atoms with Crippen molar-refractivity contribution in [3.63, 3.8) is 0 Å². The molecule has 0 saturated carbocycles. The second-order valence-corrected chi connectivity index (χ2v) is 5.09. The first-order valence-corrected chi connectivity index (χ1v) is 7.02. The molecule has 7 heteroatoms. The Labute approximate surface area is 132 Å². The first-order valence-electron chi connectivity index (χ1n) is 6.23. The van der Waals surface area contributed by atoms with E-state index in [9.17, 15) is 4.79 Å². The van der Waals surface area contributed by atoms with Crippen LogP contribution in [-0.2, 0) is 9.53 Å². The summed E-state index contributed by atoms with van der Waals surface area (Å²) in [5.41, 5.74) is 0. The van der Waals surface area contributed by atoms with Gasteiger partial charge in [-0.1, -0.05) is 22.0 Å². The quantitative estimate of drug-likeness (QED) is 0.774. The van der Waals surface area contributed by atoms with Crippen LogP contribution < -0.4 is 15.4 Å². The topological polar surface area (TPSA) is 59.6 Å². The molecular formula is C13H18BrClN2O3. The number of nitrogens with one attached hydrogen (secondary N) is 2. The van der Waals surface area contributed by atoms with Gasteiger partial charge in [-0.3, -0.25) is 4.79 Å². The summed E-state index contributed by atoms with van der Waals surface area (Å²) >= 11 is 3.37. The Morgan fingerprint density at radius 1 is 1.55 bits per heavy atom. The second-order valence-electron chi connectivity index (χ2n) is 4.18. The first-order chi connectivity index (χ1) is 9.25. The molecule has 1 aliphatic rings. The van der Waals surface area contributed by atoms with Crippen molar-refractivity contribution in [1.82, 2.24) is 10.6 Å². The van der Waals surface area contributed by atoms with Gasteiger partial charge in [-0.15, -0.1) is 12.4 Å². The maximum Gasteiger partial charge on any atom is 0.239 e. The van der Waals surface area contributed by atoms with E-state index < -0.39 is 0 Å². The van der Waals surface area contributed by atoms with E-state index in [2.05, 4.69) is 26.6 Å². The highest BCUT2D eigenvalue weighted by Crippen LogP contribution is 2.17. The highest BCUT2D eigenvalue weighted by molar-refractivity contribution is 9.10. The fourth-order valence-electron chi connectivity index (χ4n) is 1.76. The summed E-state index contributed by atoms with van der Waals surface area (Å²) in [7, 11) is 0. The van der Waals surface area contributed by atoms with Gasteiger partial charge in [-0.25, -0.2) is 0 Å². The summed E-state index contributed by atoms with van der Waals surface area (Å²) < 4.78 is 11.7. The summed E-state index contributed by atoms with van der Waals surface area (Å²) in [6, 6.07) is 7.35. The van der Waals surface area contributed by atoms with E-state index in [4.69, 9.17) is 9.47 Å². The van der Waals surface area contributed by atoms with Crippen molar-refractivity contribution < 1.29 is 14.3 Å². The van der Waals surface area contributed by atoms with Crippen molar-refractivity contribution in [1.29, 1.82) is 0 Å². The monoisotopic (exact) mass is 364 g/mol. The molecule has 1 amide bonds. The lowest BCUT2D eigenvalue weighted by Crippen LogP contribution is -2.51. The Morgan fingerprint density at radius 2 is 2.40 bits per heavy atom. The zero-order valence-corrected chi connectivity index (χ0v) is 13.3. The van der Waals surface area contributed by atoms with Gasteiger partial charge in [0.2, 0.25) is 5.91 Å². The van der Waals surface area contributed by atoms with E-state index in [-0.39, 0.29) is 24.4 Å². The number of carbonyl (C=O) groups excluding carboxylic acids is 1. The average Bonchev–Trinajstić information content (AvgIpc) is 2.44. The van der Waals surface area contributed by atoms with Crippen molar-refractivity contribution in [3.8, 4) is 5.75 Å². The number of ether oxygens (including phenoxy) is 2. The van der Waals surface area contributed by atoms with Crippen LogP contribution in [0.4, 0.5) is 0 Å². The van der Waals surface area contributed by atoms with Gasteiger partial charge in [0.25, 0.3) is 0 Å². The van der Waals surface area contributed by atoms with Crippen LogP contribution in [0.2, 0.25) is 0 Å². The molecule has 1 heterocycles. The van der Waals surface area contributed by atoms with Gasteiger partial charge in [0.05, 0.1) is 19.8 Å². The van der Waals surface area contributed by atoms with Gasteiger partial charge >= 0.3 is 0 Å². The van der Waals surface area contributed by atoms with Crippen molar-refractivity contribution in [2.45, 2.75) is 6.04 Å². The van der Waals surface area contributed by atoms with Gasteiger partial charge in [-0.2, -0.15) is 0 Å². The SMILES string of the molecule is Cl.O=C(NCCOc1cccc(Br)c1)C1COCCN1. The van der Waals surface area contributed by atoms with Crippen LogP contribution in [0.5, 0.6) is 5.75 Å². The minimum atomic E-state index is -0.250. The Hall–Kier alpha value is -0.820. The molecule has 1 aromatic rings. The first kappa shape index (κ1) is 17.2. The largest absolute Gasteiger partial charge is 0.492 e. The highest BCUT2D eigenvalue weighted by atomic mass is 79.9. The zero-order valence-electron chi connectivity index (χ0n) is 10.9. The molecule has 1 saturated heterocycles. The van der Waals surface area contributed by atoms with Crippen LogP contribution in [0, 0.1) is 0 Å². The molecule has 1 fully saturated rings. The van der Waals surface area contributed by atoms with Crippen LogP contribution in [-0.4, -0.2) is 44.9 Å². The third-order valence-electron chi connectivity index (χ3n) is 2.70. The summed E-state index contributed by atoms with van der Waals surface area (Å²) in [6.07, 6.45) is 0. The number of halogens is 2. The molecule has 112 valence electrons. The Kier molecular flexibility index (Phi) is 7.91. The molecule has 0 aliphatic carbocycles. The minimum absolute atomic E-state index is 0. The Morgan fingerprint density at radius 3 is 3.10 bits per heavy atom. The lowest BCUT2D eigenvalue weighted by Gasteiger charge is -2.22. The van der Waals surface area contributed by atoms with Crippen LogP contribution in [0.1, 0.15) is 0 Å². The van der Waals surface area contributed by atoms with Gasteiger partial charge in [-0.05, 0) is 18.2 Å². The van der Waals surface area contributed by atoms with Gasteiger partial charge in [0.1, 0.15) is 18.4 Å². The van der Waals surface area contributed by atoms with Crippen molar-refractivity contribution in [3.05, 3.63) is 28.7 Å². The number of hydrogen-bond acceptors (Lipinski definition) is 4. The molecular weight excluding hydrogens is 348 g/mol. The van der Waals surface area contributed by atoms with Crippen LogP contribution in [0.25, 0.3) is 0 Å². The predicted molar refractivity (Wildman–Crippen MR) is 82.5 cm³/mol. The molecule has 0 bridgehead atoms. The molecule has 1 atom stereocenters. The molecule has 0 aromatic heterocycles. The zero-order chi connectivity index (χ0) is 13.5. The lowest BCUT2D eigenvalue weighted by atomic mass is 10.2. The second kappa shape index (κ2) is 9.18. The van der Waals surface area contributed by atoms with Crippen LogP contribution in [0.3, 0.4) is 0 Å². The predicted octanol–water partition coefficient (Wildman–Crippen LogP) is 1.35. The van der Waals surface area contributed by atoms with E-state index in [0.717, 1.165) is 10.2 Å². The number of carbonyl (C=O) groups is 1. The molecule has 1 unspecified atom stereocenters. The van der Waals surface area contributed by atoms with Gasteiger partial charge in [0.15, 0.2) is 0 Å². The van der Waals surface area contributed by atoms with E-state index in [1.165, 1.54) is 0 Å². The fourth-order valence-corrected chi connectivity index (χ4v) is 2.14. The van der Waals surface area contributed by atoms with E-state index in [0.29, 0.717) is 32.9 Å². The molecule has 2 N–H and O–H groups in total. The third-order valence-corrected chi connectivity index (χ3v) is 3.20. The van der Waals surface area contributed by atoms with Crippen molar-refractivity contribution in [2.24, 2.45) is 0 Å². The van der Waals surface area contributed by atoms with Crippen molar-refractivity contribution in [2.75, 3.05) is 32.9 Å². The number of amides is 1. The van der Waals surface area contributed by atoms with Crippen molar-refractivity contribution >= 4 is 34.2 Å². The molecule has 1 aromatic carbocycles. The smallest absolute Gasteiger partial charge is 0.239 e. The number of benzene rings is 1. The number of rotatable bonds is 5. The summed E-state index contributed by atoms with van der Waals surface area (Å²) in [4.78, 5) is 11.7. The molecule has 0 radical (unpaired) electrons. The number of morpholine rings is 1. The molecule has 0 spiro atoms. The lowest BCUT2D eigenvalue weighted by molar-refractivity contribution is -0.126. The molecule has 2 rings (SSSR count). The van der Waals surface area contributed by atoms with Crippen LogP contribution >= 0.6 is 28.3 Å². The average molecular weight is 366 g/mol. The molecule has 20 heavy (non-hydrogen) atoms. The minimum Gasteiger partial charge on any atom is -0.492 e. The maximum absolute atomic E-state index is 11.7. The standard InChI is InChI=1S/C13H17BrN2O3.ClH/c14-10-2-1-3-11(8-10)19-7-5-16-13(17)12-9-18-6-4-15-12;/h1-3,8,12,15H,4-7,9H2,(H,16,17);1H. The van der Waals surface area contributed by atoms with E-state index in [1.807, 2.05) is 24.3 Å². The summed E-state index contributed by atoms with van der Waals surface area (Å²) in [5.74, 6) is 0.736. The third kappa shape index (κ3) is 5.66. The Balaban J connectivity index is 0.00000200.